The number of nitrogens with one attached hydrogen (secondary N) is 1. The maximum atomic E-state index is 11.9. The predicted octanol–water partition coefficient (Wildman–Crippen LogP) is 2.99. The number of ether oxygens (including phenoxy) is 1. The lowest BCUT2D eigenvalue weighted by Gasteiger charge is -2.22. The highest BCUT2D eigenvalue weighted by Crippen LogP contribution is 2.18. The Morgan fingerprint density at radius 3 is 2.30 bits per heavy atom. The van der Waals surface area contributed by atoms with E-state index in [0.717, 1.165) is 5.57 Å². The molecule has 0 aliphatic heterocycles. The van der Waals surface area contributed by atoms with Gasteiger partial charge in [-0.2, -0.15) is 0 Å². The average Bonchev–Trinajstić information content (AvgIpc) is 2.32. The molecule has 1 N–H and O–H groups in total. The van der Waals surface area contributed by atoms with E-state index in [1.807, 2.05) is 52.8 Å². The Bertz CT molecular complexity index is 389. The lowest BCUT2D eigenvalue weighted by atomic mass is 9.95. The van der Waals surface area contributed by atoms with E-state index in [9.17, 15) is 9.59 Å². The second-order valence-electron chi connectivity index (χ2n) is 5.84. The molecule has 0 spiro atoms. The van der Waals surface area contributed by atoms with Crippen LogP contribution in [0.15, 0.2) is 23.8 Å². The summed E-state index contributed by atoms with van der Waals surface area (Å²) in [7, 11) is 1.58. The van der Waals surface area contributed by atoms with Gasteiger partial charge in [-0.15, -0.1) is 0 Å². The van der Waals surface area contributed by atoms with Crippen molar-refractivity contribution in [1.82, 2.24) is 5.32 Å². The number of rotatable bonds is 6. The number of amides is 1. The van der Waals surface area contributed by atoms with Crippen molar-refractivity contribution in [2.75, 3.05) is 7.05 Å². The smallest absolute Gasteiger partial charge is 0.307 e. The van der Waals surface area contributed by atoms with Crippen molar-refractivity contribution >= 4 is 11.9 Å². The van der Waals surface area contributed by atoms with Crippen LogP contribution in [0, 0.1) is 5.92 Å². The van der Waals surface area contributed by atoms with Gasteiger partial charge in [0.25, 0.3) is 0 Å². The molecule has 0 aromatic rings. The minimum Gasteiger partial charge on any atom is -0.460 e. The zero-order chi connectivity index (χ0) is 15.8. The normalized spacial score (nSPS) is 14.2. The molecule has 0 bridgehead atoms. The zero-order valence-corrected chi connectivity index (χ0v) is 13.4. The molecule has 20 heavy (non-hydrogen) atoms. The monoisotopic (exact) mass is 281 g/mol. The van der Waals surface area contributed by atoms with Crippen molar-refractivity contribution in [3.63, 3.8) is 0 Å². The Morgan fingerprint density at radius 2 is 1.85 bits per heavy atom. The van der Waals surface area contributed by atoms with Crippen molar-refractivity contribution in [2.45, 2.75) is 53.1 Å². The van der Waals surface area contributed by atoms with Gasteiger partial charge in [-0.3, -0.25) is 9.59 Å². The first-order valence-electron chi connectivity index (χ1n) is 6.91. The molecular weight excluding hydrogens is 254 g/mol. The van der Waals surface area contributed by atoms with Crippen molar-refractivity contribution < 1.29 is 14.3 Å². The Morgan fingerprint density at radius 1 is 1.25 bits per heavy atom. The third-order valence-electron chi connectivity index (χ3n) is 2.59. The number of hydrogen-bond donors (Lipinski definition) is 1. The minimum atomic E-state index is -0.528. The Kier molecular flexibility index (Phi) is 7.89. The molecule has 4 heteroatoms. The van der Waals surface area contributed by atoms with E-state index in [0.29, 0.717) is 6.42 Å². The summed E-state index contributed by atoms with van der Waals surface area (Å²) in [6.45, 7) is 9.33. The number of hydrogen-bond acceptors (Lipinski definition) is 3. The van der Waals surface area contributed by atoms with Crippen molar-refractivity contribution in [3.8, 4) is 0 Å². The molecule has 0 radical (unpaired) electrons. The fourth-order valence-corrected chi connectivity index (χ4v) is 1.76. The number of allylic oxidation sites excluding steroid dienone is 4. The molecule has 4 nitrogen and oxygen atoms in total. The zero-order valence-electron chi connectivity index (χ0n) is 13.4. The summed E-state index contributed by atoms with van der Waals surface area (Å²) >= 11 is 0. The Balaban J connectivity index is 4.74. The Labute approximate surface area is 122 Å². The summed E-state index contributed by atoms with van der Waals surface area (Å²) < 4.78 is 5.27. The molecular formula is C16H27NO3. The standard InChI is InChI=1S/C16H27NO3/c1-7-8-9-12(2)10-13(15(19)17-6)11-14(18)20-16(3,4)5/h7-9,13H,10-11H2,1-6H3,(H,17,19)/b8-7-,12-9+/t13-/m1/s1. The average molecular weight is 281 g/mol. The van der Waals surface area contributed by atoms with E-state index in [4.69, 9.17) is 4.74 Å². The predicted molar refractivity (Wildman–Crippen MR) is 81.2 cm³/mol. The molecule has 0 aromatic carbocycles. The first kappa shape index (κ1) is 18.4. The van der Waals surface area contributed by atoms with Crippen LogP contribution in [-0.4, -0.2) is 24.5 Å². The first-order valence-corrected chi connectivity index (χ1v) is 6.91. The van der Waals surface area contributed by atoms with Crippen LogP contribution in [0.3, 0.4) is 0 Å². The fraction of sp³-hybridized carbons (Fsp3) is 0.625. The number of carbonyl (C=O) groups excluding carboxylic acids is 2. The van der Waals surface area contributed by atoms with Crippen LogP contribution in [0.2, 0.25) is 0 Å². The third kappa shape index (κ3) is 8.51. The van der Waals surface area contributed by atoms with Gasteiger partial charge in [0.15, 0.2) is 0 Å². The van der Waals surface area contributed by atoms with E-state index in [1.54, 1.807) is 7.05 Å². The molecule has 1 amide bonds. The lowest BCUT2D eigenvalue weighted by molar-refractivity contribution is -0.157. The summed E-state index contributed by atoms with van der Waals surface area (Å²) in [5, 5.41) is 2.60. The molecule has 114 valence electrons. The van der Waals surface area contributed by atoms with Crippen LogP contribution < -0.4 is 5.32 Å². The van der Waals surface area contributed by atoms with Crippen LogP contribution in [0.1, 0.15) is 47.5 Å². The quantitative estimate of drug-likeness (QED) is 0.601. The highest BCUT2D eigenvalue weighted by atomic mass is 16.6. The van der Waals surface area contributed by atoms with Crippen molar-refractivity contribution in [1.29, 1.82) is 0 Å². The number of esters is 1. The van der Waals surface area contributed by atoms with Gasteiger partial charge >= 0.3 is 5.97 Å². The van der Waals surface area contributed by atoms with Gasteiger partial charge in [0, 0.05) is 7.05 Å². The van der Waals surface area contributed by atoms with Gasteiger partial charge in [-0.25, -0.2) is 0 Å². The van der Waals surface area contributed by atoms with E-state index in [1.165, 1.54) is 0 Å². The molecule has 0 saturated carbocycles. The Hall–Kier alpha value is -1.58. The largest absolute Gasteiger partial charge is 0.460 e. The van der Waals surface area contributed by atoms with E-state index < -0.39 is 11.5 Å². The van der Waals surface area contributed by atoms with Crippen LogP contribution in [0.25, 0.3) is 0 Å². The molecule has 0 unspecified atom stereocenters. The third-order valence-corrected chi connectivity index (χ3v) is 2.59. The second kappa shape index (κ2) is 8.56. The second-order valence-corrected chi connectivity index (χ2v) is 5.84. The van der Waals surface area contributed by atoms with Crippen LogP contribution in [-0.2, 0) is 14.3 Å². The van der Waals surface area contributed by atoms with Crippen LogP contribution in [0.5, 0.6) is 0 Å². The summed E-state index contributed by atoms with van der Waals surface area (Å²) in [4.78, 5) is 23.7. The van der Waals surface area contributed by atoms with Crippen LogP contribution in [0.4, 0.5) is 0 Å². The van der Waals surface area contributed by atoms with Crippen molar-refractivity contribution in [3.05, 3.63) is 23.8 Å². The van der Waals surface area contributed by atoms with Gasteiger partial charge in [0.2, 0.25) is 5.91 Å². The molecule has 0 heterocycles. The van der Waals surface area contributed by atoms with Crippen molar-refractivity contribution in [2.24, 2.45) is 5.92 Å². The van der Waals surface area contributed by atoms with Gasteiger partial charge < -0.3 is 10.1 Å². The van der Waals surface area contributed by atoms with Gasteiger partial charge in [0.1, 0.15) is 5.60 Å². The summed E-state index contributed by atoms with van der Waals surface area (Å²) in [5.74, 6) is -0.870. The highest BCUT2D eigenvalue weighted by molar-refractivity contribution is 5.83. The van der Waals surface area contributed by atoms with E-state index in [-0.39, 0.29) is 18.3 Å². The molecule has 0 aliphatic carbocycles. The summed E-state index contributed by atoms with van der Waals surface area (Å²) in [5.41, 5.74) is 0.528. The molecule has 1 atom stereocenters. The van der Waals surface area contributed by atoms with Crippen LogP contribution >= 0.6 is 0 Å². The van der Waals surface area contributed by atoms with Gasteiger partial charge in [0.05, 0.1) is 12.3 Å². The lowest BCUT2D eigenvalue weighted by Crippen LogP contribution is -2.32. The van der Waals surface area contributed by atoms with E-state index in [2.05, 4.69) is 5.32 Å². The molecule has 0 rings (SSSR count). The SMILES string of the molecule is C/C=C\C=C(/C)C[C@H](CC(=O)OC(C)(C)C)C(=O)NC. The maximum Gasteiger partial charge on any atom is 0.307 e. The molecule has 0 aromatic heterocycles. The fourth-order valence-electron chi connectivity index (χ4n) is 1.76. The topological polar surface area (TPSA) is 55.4 Å². The van der Waals surface area contributed by atoms with Gasteiger partial charge in [-0.05, 0) is 41.0 Å². The van der Waals surface area contributed by atoms with Gasteiger partial charge in [-0.1, -0.05) is 23.8 Å². The summed E-state index contributed by atoms with van der Waals surface area (Å²) in [6.07, 6.45) is 6.43. The summed E-state index contributed by atoms with van der Waals surface area (Å²) in [6, 6.07) is 0. The molecule has 0 fully saturated rings. The van der Waals surface area contributed by atoms with E-state index >= 15 is 0 Å². The first-order chi connectivity index (χ1) is 9.19. The highest BCUT2D eigenvalue weighted by Gasteiger charge is 2.24. The maximum absolute atomic E-state index is 11.9. The minimum absolute atomic E-state index is 0.0952. The molecule has 0 aliphatic rings. The number of carbonyl (C=O) groups is 2. The molecule has 0 saturated heterocycles.